The van der Waals surface area contributed by atoms with Crippen molar-refractivity contribution >= 4 is 33.2 Å². The van der Waals surface area contributed by atoms with Crippen LogP contribution in [0.1, 0.15) is 36.9 Å². The number of halogens is 1. The lowest BCUT2D eigenvalue weighted by molar-refractivity contribution is -0.384. The molecule has 0 aliphatic carbocycles. The first-order valence-corrected chi connectivity index (χ1v) is 8.68. The fourth-order valence-electron chi connectivity index (χ4n) is 2.80. The van der Waals surface area contributed by atoms with Crippen molar-refractivity contribution in [2.45, 2.75) is 25.8 Å². The third-order valence-electron chi connectivity index (χ3n) is 4.13. The van der Waals surface area contributed by atoms with E-state index >= 15 is 0 Å². The van der Waals surface area contributed by atoms with Gasteiger partial charge in [0.1, 0.15) is 0 Å². The molecule has 1 heterocycles. The molecule has 0 aromatic heterocycles. The van der Waals surface area contributed by atoms with Crippen LogP contribution in [-0.4, -0.2) is 21.6 Å². The molecule has 0 saturated carbocycles. The second-order valence-corrected chi connectivity index (χ2v) is 6.63. The number of nitrogens with zero attached hydrogens (tertiary/aromatic N) is 3. The highest BCUT2D eigenvalue weighted by atomic mass is 79.9. The Morgan fingerprint density at radius 2 is 1.88 bits per heavy atom. The molecule has 2 aromatic carbocycles. The van der Waals surface area contributed by atoms with Crippen LogP contribution in [0.4, 0.5) is 5.69 Å². The van der Waals surface area contributed by atoms with Gasteiger partial charge in [-0.05, 0) is 23.3 Å². The summed E-state index contributed by atoms with van der Waals surface area (Å²) in [7, 11) is 0. The SMILES string of the molecule is CCC(=O)N1N=C(c2ccc(Br)cc2)C[C@H]1c1ccc([N+](=O)[O-])cc1. The molecule has 0 N–H and O–H groups in total. The summed E-state index contributed by atoms with van der Waals surface area (Å²) in [6.07, 6.45) is 0.922. The Morgan fingerprint density at radius 3 is 2.44 bits per heavy atom. The van der Waals surface area contributed by atoms with E-state index in [1.807, 2.05) is 24.3 Å². The summed E-state index contributed by atoms with van der Waals surface area (Å²) < 4.78 is 0.975. The topological polar surface area (TPSA) is 75.8 Å². The summed E-state index contributed by atoms with van der Waals surface area (Å²) in [4.78, 5) is 22.7. The molecule has 0 unspecified atom stereocenters. The quantitative estimate of drug-likeness (QED) is 0.560. The minimum Gasteiger partial charge on any atom is -0.273 e. The van der Waals surface area contributed by atoms with Crippen molar-refractivity contribution in [2.75, 3.05) is 0 Å². The van der Waals surface area contributed by atoms with Crippen molar-refractivity contribution in [2.24, 2.45) is 5.10 Å². The van der Waals surface area contributed by atoms with E-state index in [1.165, 1.54) is 17.1 Å². The smallest absolute Gasteiger partial charge is 0.269 e. The highest BCUT2D eigenvalue weighted by Crippen LogP contribution is 2.34. The van der Waals surface area contributed by atoms with E-state index in [0.29, 0.717) is 12.8 Å². The van der Waals surface area contributed by atoms with Crippen LogP contribution in [0.25, 0.3) is 0 Å². The van der Waals surface area contributed by atoms with Gasteiger partial charge >= 0.3 is 0 Å². The van der Waals surface area contributed by atoms with E-state index in [9.17, 15) is 14.9 Å². The second kappa shape index (κ2) is 7.14. The number of rotatable bonds is 4. The Balaban J connectivity index is 1.92. The number of non-ortho nitro benzene ring substituents is 1. The minimum absolute atomic E-state index is 0.0316. The summed E-state index contributed by atoms with van der Waals surface area (Å²) in [6.45, 7) is 1.79. The van der Waals surface area contributed by atoms with Crippen LogP contribution in [0.5, 0.6) is 0 Å². The van der Waals surface area contributed by atoms with Crippen molar-refractivity contribution in [3.63, 3.8) is 0 Å². The van der Waals surface area contributed by atoms with Gasteiger partial charge in [-0.25, -0.2) is 5.01 Å². The zero-order chi connectivity index (χ0) is 18.0. The molecule has 1 atom stereocenters. The lowest BCUT2D eigenvalue weighted by Crippen LogP contribution is -2.26. The third kappa shape index (κ3) is 3.61. The average molecular weight is 402 g/mol. The van der Waals surface area contributed by atoms with Crippen LogP contribution in [0.15, 0.2) is 58.1 Å². The van der Waals surface area contributed by atoms with Gasteiger partial charge in [0, 0.05) is 29.4 Å². The maximum atomic E-state index is 12.3. The van der Waals surface area contributed by atoms with E-state index < -0.39 is 4.92 Å². The summed E-state index contributed by atoms with van der Waals surface area (Å²) in [5, 5.41) is 16.9. The van der Waals surface area contributed by atoms with Gasteiger partial charge in [-0.1, -0.05) is 47.1 Å². The molecule has 1 aliphatic heterocycles. The lowest BCUT2D eigenvalue weighted by atomic mass is 9.98. The number of nitro groups is 1. The molecule has 0 spiro atoms. The van der Waals surface area contributed by atoms with E-state index in [1.54, 1.807) is 19.1 Å². The summed E-state index contributed by atoms with van der Waals surface area (Å²) in [6, 6.07) is 13.8. The number of amides is 1. The number of nitro benzene ring substituents is 1. The van der Waals surface area contributed by atoms with Gasteiger partial charge in [-0.3, -0.25) is 14.9 Å². The van der Waals surface area contributed by atoms with Crippen LogP contribution in [0.2, 0.25) is 0 Å². The van der Waals surface area contributed by atoms with E-state index in [2.05, 4.69) is 21.0 Å². The number of carbonyl (C=O) groups excluding carboxylic acids is 1. The maximum absolute atomic E-state index is 12.3. The summed E-state index contributed by atoms with van der Waals surface area (Å²) in [5.41, 5.74) is 2.66. The molecule has 0 radical (unpaired) electrons. The van der Waals surface area contributed by atoms with E-state index in [4.69, 9.17) is 0 Å². The molecular formula is C18H16BrN3O3. The Morgan fingerprint density at radius 1 is 1.24 bits per heavy atom. The van der Waals surface area contributed by atoms with Gasteiger partial charge in [-0.15, -0.1) is 0 Å². The van der Waals surface area contributed by atoms with Crippen molar-refractivity contribution < 1.29 is 9.72 Å². The largest absolute Gasteiger partial charge is 0.273 e. The number of hydrogen-bond acceptors (Lipinski definition) is 4. The number of benzene rings is 2. The van der Waals surface area contributed by atoms with Crippen molar-refractivity contribution in [1.29, 1.82) is 0 Å². The maximum Gasteiger partial charge on any atom is 0.269 e. The fourth-order valence-corrected chi connectivity index (χ4v) is 3.06. The van der Waals surface area contributed by atoms with Gasteiger partial charge in [0.2, 0.25) is 5.91 Å². The van der Waals surface area contributed by atoms with Gasteiger partial charge in [0.05, 0.1) is 16.7 Å². The first-order valence-electron chi connectivity index (χ1n) is 7.89. The van der Waals surface area contributed by atoms with Crippen LogP contribution in [0, 0.1) is 10.1 Å². The Bertz CT molecular complexity index is 832. The normalized spacial score (nSPS) is 16.6. The van der Waals surface area contributed by atoms with Crippen molar-refractivity contribution in [3.8, 4) is 0 Å². The van der Waals surface area contributed by atoms with E-state index in [0.717, 1.165) is 21.3 Å². The van der Waals surface area contributed by atoms with Gasteiger partial charge in [0.15, 0.2) is 0 Å². The Hall–Kier alpha value is -2.54. The lowest BCUT2D eigenvalue weighted by Gasteiger charge is -2.21. The molecule has 0 bridgehead atoms. The van der Waals surface area contributed by atoms with E-state index in [-0.39, 0.29) is 17.6 Å². The van der Waals surface area contributed by atoms with Gasteiger partial charge in [-0.2, -0.15) is 5.10 Å². The summed E-state index contributed by atoms with van der Waals surface area (Å²) in [5.74, 6) is -0.0736. The molecule has 2 aromatic rings. The zero-order valence-corrected chi connectivity index (χ0v) is 15.1. The Labute approximate surface area is 153 Å². The second-order valence-electron chi connectivity index (χ2n) is 5.71. The molecule has 25 heavy (non-hydrogen) atoms. The highest BCUT2D eigenvalue weighted by Gasteiger charge is 2.32. The molecule has 3 rings (SSSR count). The predicted octanol–water partition coefficient (Wildman–Crippen LogP) is 4.45. The molecule has 1 amide bonds. The monoisotopic (exact) mass is 401 g/mol. The van der Waals surface area contributed by atoms with Crippen molar-refractivity contribution in [3.05, 3.63) is 74.2 Å². The standard InChI is InChI=1S/C18H16BrN3O3/c1-2-18(23)21-17(13-5-9-15(10-6-13)22(24)25)11-16(20-21)12-3-7-14(19)8-4-12/h3-10,17H,2,11H2,1H3/t17-/m0/s1. The number of carbonyl (C=O) groups is 1. The first-order chi connectivity index (χ1) is 12.0. The molecule has 7 heteroatoms. The highest BCUT2D eigenvalue weighted by molar-refractivity contribution is 9.10. The molecule has 1 aliphatic rings. The van der Waals surface area contributed by atoms with Crippen LogP contribution in [-0.2, 0) is 4.79 Å². The van der Waals surface area contributed by atoms with Crippen LogP contribution < -0.4 is 0 Å². The molecule has 128 valence electrons. The van der Waals surface area contributed by atoms with Gasteiger partial charge in [0.25, 0.3) is 5.69 Å². The van der Waals surface area contributed by atoms with Gasteiger partial charge < -0.3 is 0 Å². The zero-order valence-electron chi connectivity index (χ0n) is 13.6. The Kier molecular flexibility index (Phi) is 4.94. The number of hydrazone groups is 1. The molecule has 0 saturated heterocycles. The first kappa shape index (κ1) is 17.3. The fraction of sp³-hybridized carbons (Fsp3) is 0.222. The van der Waals surface area contributed by atoms with Crippen molar-refractivity contribution in [1.82, 2.24) is 5.01 Å². The average Bonchev–Trinajstić information content (AvgIpc) is 3.07. The summed E-state index contributed by atoms with van der Waals surface area (Å²) >= 11 is 3.41. The molecule has 0 fully saturated rings. The predicted molar refractivity (Wildman–Crippen MR) is 98.3 cm³/mol. The van der Waals surface area contributed by atoms with Crippen LogP contribution >= 0.6 is 15.9 Å². The number of hydrogen-bond donors (Lipinski definition) is 0. The molecule has 6 nitrogen and oxygen atoms in total. The van der Waals surface area contributed by atoms with Crippen LogP contribution in [0.3, 0.4) is 0 Å². The minimum atomic E-state index is -0.433. The molecular weight excluding hydrogens is 386 g/mol. The third-order valence-corrected chi connectivity index (χ3v) is 4.66.